The Morgan fingerprint density at radius 1 is 1.11 bits per heavy atom. The first kappa shape index (κ1) is 21.6. The van der Waals surface area contributed by atoms with Crippen LogP contribution in [0.4, 0.5) is 10.7 Å². The molecule has 0 radical (unpaired) electrons. The maximum absolute atomic E-state index is 12.3. The van der Waals surface area contributed by atoms with E-state index < -0.39 is 17.3 Å². The Morgan fingerprint density at radius 2 is 1.82 bits per heavy atom. The number of esters is 1. The van der Waals surface area contributed by atoms with E-state index in [0.717, 1.165) is 23.3 Å². The number of thiophene rings is 1. The molecule has 28 heavy (non-hydrogen) atoms. The second kappa shape index (κ2) is 9.01. The van der Waals surface area contributed by atoms with E-state index in [1.54, 1.807) is 19.1 Å². The molecule has 0 aliphatic heterocycles. The lowest BCUT2D eigenvalue weighted by Crippen LogP contribution is -2.27. The average molecular weight is 403 g/mol. The Hall–Kier alpha value is -2.67. The van der Waals surface area contributed by atoms with Crippen molar-refractivity contribution in [2.45, 2.75) is 41.0 Å². The zero-order valence-corrected chi connectivity index (χ0v) is 17.7. The number of carbonyl (C=O) groups is 3. The van der Waals surface area contributed by atoms with Crippen molar-refractivity contribution in [1.29, 1.82) is 0 Å². The number of hydrogen-bond donors (Lipinski definition) is 2. The molecule has 0 saturated carbocycles. The molecule has 6 nitrogen and oxygen atoms in total. The zero-order valence-electron chi connectivity index (χ0n) is 16.8. The number of anilines is 2. The van der Waals surface area contributed by atoms with Gasteiger partial charge in [0, 0.05) is 11.1 Å². The van der Waals surface area contributed by atoms with E-state index in [2.05, 4.69) is 10.6 Å². The Labute approximate surface area is 169 Å². The van der Waals surface area contributed by atoms with Crippen LogP contribution in [0.2, 0.25) is 0 Å². The SMILES string of the molecule is CCc1cccc(NC(=O)COC(=O)c2sc(NC(=O)C(C)(C)C)cc2C)c1. The van der Waals surface area contributed by atoms with E-state index in [1.165, 1.54) is 0 Å². The maximum Gasteiger partial charge on any atom is 0.349 e. The van der Waals surface area contributed by atoms with Crippen LogP contribution in [0.1, 0.15) is 48.5 Å². The minimum absolute atomic E-state index is 0.137. The smallest absolute Gasteiger partial charge is 0.349 e. The minimum atomic E-state index is -0.587. The quantitative estimate of drug-likeness (QED) is 0.702. The van der Waals surface area contributed by atoms with E-state index >= 15 is 0 Å². The summed E-state index contributed by atoms with van der Waals surface area (Å²) in [6.07, 6.45) is 0.866. The van der Waals surface area contributed by atoms with E-state index in [-0.39, 0.29) is 12.5 Å². The number of hydrogen-bond acceptors (Lipinski definition) is 5. The van der Waals surface area contributed by atoms with Gasteiger partial charge in [0.2, 0.25) is 5.91 Å². The largest absolute Gasteiger partial charge is 0.451 e. The van der Waals surface area contributed by atoms with Gasteiger partial charge in [-0.3, -0.25) is 9.59 Å². The number of rotatable bonds is 6. The Bertz CT molecular complexity index is 881. The molecular formula is C21H26N2O4S. The Balaban J connectivity index is 1.93. The second-order valence-corrected chi connectivity index (χ2v) is 8.56. The summed E-state index contributed by atoms with van der Waals surface area (Å²) in [5, 5.41) is 6.09. The van der Waals surface area contributed by atoms with Gasteiger partial charge in [-0.15, -0.1) is 11.3 Å². The van der Waals surface area contributed by atoms with Crippen molar-refractivity contribution in [3.63, 3.8) is 0 Å². The number of benzene rings is 1. The first-order valence-electron chi connectivity index (χ1n) is 9.08. The van der Waals surface area contributed by atoms with Crippen LogP contribution in [0, 0.1) is 12.3 Å². The van der Waals surface area contributed by atoms with Gasteiger partial charge in [-0.25, -0.2) is 4.79 Å². The predicted molar refractivity (Wildman–Crippen MR) is 112 cm³/mol. The molecular weight excluding hydrogens is 376 g/mol. The lowest BCUT2D eigenvalue weighted by atomic mass is 9.96. The molecule has 2 aromatic rings. The van der Waals surface area contributed by atoms with Gasteiger partial charge in [0.1, 0.15) is 4.88 Å². The van der Waals surface area contributed by atoms with Crippen molar-refractivity contribution in [3.05, 3.63) is 46.3 Å². The summed E-state index contributed by atoms with van der Waals surface area (Å²) in [6.45, 7) is 8.85. The van der Waals surface area contributed by atoms with Gasteiger partial charge in [0.25, 0.3) is 5.91 Å². The topological polar surface area (TPSA) is 84.5 Å². The first-order valence-corrected chi connectivity index (χ1v) is 9.89. The predicted octanol–water partition coefficient (Wildman–Crippen LogP) is 4.40. The molecule has 0 atom stereocenters. The molecule has 7 heteroatoms. The lowest BCUT2D eigenvalue weighted by Gasteiger charge is -2.16. The van der Waals surface area contributed by atoms with Gasteiger partial charge < -0.3 is 15.4 Å². The highest BCUT2D eigenvalue weighted by atomic mass is 32.1. The minimum Gasteiger partial charge on any atom is -0.451 e. The van der Waals surface area contributed by atoms with Crippen molar-refractivity contribution in [1.82, 2.24) is 0 Å². The zero-order chi connectivity index (χ0) is 20.9. The summed E-state index contributed by atoms with van der Waals surface area (Å²) < 4.78 is 5.13. The molecule has 0 unspecified atom stereocenters. The molecule has 1 aromatic heterocycles. The fourth-order valence-electron chi connectivity index (χ4n) is 2.31. The number of nitrogens with one attached hydrogen (secondary N) is 2. The summed E-state index contributed by atoms with van der Waals surface area (Å²) in [5.41, 5.74) is 1.93. The van der Waals surface area contributed by atoms with Crippen LogP contribution in [-0.2, 0) is 20.7 Å². The summed E-state index contributed by atoms with van der Waals surface area (Å²) in [5.74, 6) is -1.13. The molecule has 0 aliphatic carbocycles. The highest BCUT2D eigenvalue weighted by Gasteiger charge is 2.23. The standard InChI is InChI=1S/C21H26N2O4S/c1-6-14-8-7-9-15(11-14)22-16(24)12-27-19(25)18-13(2)10-17(28-18)23-20(26)21(3,4)5/h7-11H,6,12H2,1-5H3,(H,22,24)(H,23,26). The molecule has 2 N–H and O–H groups in total. The average Bonchev–Trinajstić information content (AvgIpc) is 2.99. The van der Waals surface area contributed by atoms with Gasteiger partial charge in [-0.05, 0) is 42.7 Å². The van der Waals surface area contributed by atoms with Crippen LogP contribution in [0.5, 0.6) is 0 Å². The van der Waals surface area contributed by atoms with E-state index in [4.69, 9.17) is 4.74 Å². The van der Waals surface area contributed by atoms with Crippen LogP contribution in [0.15, 0.2) is 30.3 Å². The van der Waals surface area contributed by atoms with E-state index in [1.807, 2.05) is 45.9 Å². The first-order chi connectivity index (χ1) is 13.1. The van der Waals surface area contributed by atoms with Gasteiger partial charge >= 0.3 is 5.97 Å². The number of ether oxygens (including phenoxy) is 1. The van der Waals surface area contributed by atoms with E-state index in [9.17, 15) is 14.4 Å². The van der Waals surface area contributed by atoms with Gasteiger partial charge in [-0.1, -0.05) is 39.8 Å². The lowest BCUT2D eigenvalue weighted by molar-refractivity contribution is -0.123. The van der Waals surface area contributed by atoms with Crippen molar-refractivity contribution in [2.75, 3.05) is 17.2 Å². The number of amides is 2. The third kappa shape index (κ3) is 5.92. The summed E-state index contributed by atoms with van der Waals surface area (Å²) in [7, 11) is 0. The molecule has 2 amide bonds. The maximum atomic E-state index is 12.3. The number of carbonyl (C=O) groups excluding carboxylic acids is 3. The summed E-state index contributed by atoms with van der Waals surface area (Å²) in [4.78, 5) is 36.8. The number of aryl methyl sites for hydroxylation is 2. The summed E-state index contributed by atoms with van der Waals surface area (Å²) in [6, 6.07) is 9.23. The highest BCUT2D eigenvalue weighted by molar-refractivity contribution is 7.18. The fraction of sp³-hybridized carbons (Fsp3) is 0.381. The molecule has 0 fully saturated rings. The molecule has 0 aliphatic rings. The highest BCUT2D eigenvalue weighted by Crippen LogP contribution is 2.29. The molecule has 0 bridgehead atoms. The van der Waals surface area contributed by atoms with Crippen LogP contribution < -0.4 is 10.6 Å². The van der Waals surface area contributed by atoms with Gasteiger partial charge in [-0.2, -0.15) is 0 Å². The Kier molecular flexibility index (Phi) is 6.96. The molecule has 0 spiro atoms. The fourth-order valence-corrected chi connectivity index (χ4v) is 3.27. The van der Waals surface area contributed by atoms with Crippen molar-refractivity contribution < 1.29 is 19.1 Å². The van der Waals surface area contributed by atoms with Gasteiger partial charge in [0.15, 0.2) is 6.61 Å². The summed E-state index contributed by atoms with van der Waals surface area (Å²) >= 11 is 1.13. The third-order valence-electron chi connectivity index (χ3n) is 3.97. The third-order valence-corrected chi connectivity index (χ3v) is 5.11. The normalized spacial score (nSPS) is 11.0. The molecule has 150 valence electrons. The van der Waals surface area contributed by atoms with Crippen LogP contribution in [-0.4, -0.2) is 24.4 Å². The van der Waals surface area contributed by atoms with Crippen molar-refractivity contribution in [3.8, 4) is 0 Å². The van der Waals surface area contributed by atoms with Crippen LogP contribution in [0.3, 0.4) is 0 Å². The molecule has 2 rings (SSSR count). The van der Waals surface area contributed by atoms with E-state index in [0.29, 0.717) is 21.1 Å². The van der Waals surface area contributed by atoms with Gasteiger partial charge in [0.05, 0.1) is 5.00 Å². The van der Waals surface area contributed by atoms with Crippen LogP contribution in [0.25, 0.3) is 0 Å². The molecule has 1 aromatic carbocycles. The second-order valence-electron chi connectivity index (χ2n) is 7.51. The molecule has 0 saturated heterocycles. The molecule has 1 heterocycles. The monoisotopic (exact) mass is 402 g/mol. The van der Waals surface area contributed by atoms with Crippen LogP contribution >= 0.6 is 11.3 Å². The Morgan fingerprint density at radius 3 is 2.46 bits per heavy atom. The van der Waals surface area contributed by atoms with Crippen molar-refractivity contribution in [2.24, 2.45) is 5.41 Å². The van der Waals surface area contributed by atoms with Crippen molar-refractivity contribution >= 4 is 39.8 Å².